The van der Waals surface area contributed by atoms with Crippen molar-refractivity contribution in [3.05, 3.63) is 82.7 Å². The summed E-state index contributed by atoms with van der Waals surface area (Å²) in [6, 6.07) is 18.8. The number of benzene rings is 3. The third-order valence-corrected chi connectivity index (χ3v) is 8.13. The SMILES string of the molecule is CCCCCCCc1ccc2cc(C#Cc3ccc(C4CCC(CCCC)CC4)cc3)ccc2c1F. The van der Waals surface area contributed by atoms with E-state index in [0.29, 0.717) is 11.3 Å². The van der Waals surface area contributed by atoms with Gasteiger partial charge in [-0.15, -0.1) is 0 Å². The summed E-state index contributed by atoms with van der Waals surface area (Å²) < 4.78 is 15.1. The van der Waals surface area contributed by atoms with Gasteiger partial charge in [0.1, 0.15) is 5.82 Å². The molecule has 0 nitrogen and oxygen atoms in total. The van der Waals surface area contributed by atoms with E-state index in [9.17, 15) is 0 Å². The third-order valence-electron chi connectivity index (χ3n) is 8.13. The van der Waals surface area contributed by atoms with Crippen LogP contribution in [0.3, 0.4) is 0 Å². The number of unbranched alkanes of at least 4 members (excludes halogenated alkanes) is 5. The first kappa shape index (κ1) is 26.5. The highest BCUT2D eigenvalue weighted by Gasteiger charge is 2.21. The molecule has 4 rings (SSSR count). The molecule has 1 aliphatic rings. The molecule has 190 valence electrons. The average molecular weight is 483 g/mol. The smallest absolute Gasteiger partial charge is 0.134 e. The van der Waals surface area contributed by atoms with Crippen molar-refractivity contribution in [2.24, 2.45) is 5.92 Å². The highest BCUT2D eigenvalue weighted by atomic mass is 19.1. The Morgan fingerprint density at radius 1 is 0.722 bits per heavy atom. The monoisotopic (exact) mass is 482 g/mol. The molecule has 0 saturated heterocycles. The van der Waals surface area contributed by atoms with Crippen LogP contribution in [0.15, 0.2) is 54.6 Å². The molecule has 0 bridgehead atoms. The summed E-state index contributed by atoms with van der Waals surface area (Å²) in [7, 11) is 0. The zero-order valence-electron chi connectivity index (χ0n) is 22.4. The van der Waals surface area contributed by atoms with Crippen LogP contribution >= 0.6 is 0 Å². The van der Waals surface area contributed by atoms with Gasteiger partial charge in [-0.25, -0.2) is 4.39 Å². The zero-order valence-corrected chi connectivity index (χ0v) is 22.4. The van der Waals surface area contributed by atoms with Gasteiger partial charge >= 0.3 is 0 Å². The van der Waals surface area contributed by atoms with E-state index in [1.54, 1.807) is 0 Å². The minimum absolute atomic E-state index is 0.0579. The summed E-state index contributed by atoms with van der Waals surface area (Å²) >= 11 is 0. The van der Waals surface area contributed by atoms with Crippen molar-refractivity contribution in [3.63, 3.8) is 0 Å². The van der Waals surface area contributed by atoms with E-state index in [2.05, 4.69) is 56.0 Å². The zero-order chi connectivity index (χ0) is 25.2. The third kappa shape index (κ3) is 7.22. The lowest BCUT2D eigenvalue weighted by molar-refractivity contribution is 0.304. The Morgan fingerprint density at radius 3 is 2.17 bits per heavy atom. The quantitative estimate of drug-likeness (QED) is 0.199. The summed E-state index contributed by atoms with van der Waals surface area (Å²) in [5.41, 5.74) is 4.29. The Balaban J connectivity index is 1.36. The molecule has 1 heteroatoms. The summed E-state index contributed by atoms with van der Waals surface area (Å²) in [6.07, 6.45) is 16.4. The maximum Gasteiger partial charge on any atom is 0.134 e. The van der Waals surface area contributed by atoms with Crippen LogP contribution in [0.1, 0.15) is 119 Å². The van der Waals surface area contributed by atoms with E-state index in [0.717, 1.165) is 40.8 Å². The second kappa shape index (κ2) is 13.6. The highest BCUT2D eigenvalue weighted by Crippen LogP contribution is 2.37. The summed E-state index contributed by atoms with van der Waals surface area (Å²) in [6.45, 7) is 4.51. The van der Waals surface area contributed by atoms with Crippen LogP contribution in [-0.2, 0) is 6.42 Å². The summed E-state index contributed by atoms with van der Waals surface area (Å²) in [5, 5.41) is 1.64. The molecule has 0 spiro atoms. The molecule has 0 N–H and O–H groups in total. The molecule has 3 aromatic carbocycles. The Bertz CT molecular complexity index is 1150. The fourth-order valence-electron chi connectivity index (χ4n) is 5.79. The Morgan fingerprint density at radius 2 is 1.42 bits per heavy atom. The number of hydrogen-bond donors (Lipinski definition) is 0. The molecule has 3 aromatic rings. The topological polar surface area (TPSA) is 0 Å². The minimum Gasteiger partial charge on any atom is -0.206 e. The van der Waals surface area contributed by atoms with Gasteiger partial charge in [-0.05, 0) is 91.1 Å². The first-order chi connectivity index (χ1) is 17.7. The van der Waals surface area contributed by atoms with Crippen molar-refractivity contribution in [2.75, 3.05) is 0 Å². The van der Waals surface area contributed by atoms with Crippen molar-refractivity contribution in [3.8, 4) is 11.8 Å². The van der Waals surface area contributed by atoms with E-state index in [4.69, 9.17) is 0 Å². The van der Waals surface area contributed by atoms with Gasteiger partial charge in [0, 0.05) is 16.5 Å². The fourth-order valence-corrected chi connectivity index (χ4v) is 5.79. The van der Waals surface area contributed by atoms with E-state index in [1.807, 2.05) is 24.3 Å². The number of halogens is 1. The second-order valence-corrected chi connectivity index (χ2v) is 10.9. The van der Waals surface area contributed by atoms with E-state index >= 15 is 4.39 Å². The maximum atomic E-state index is 15.1. The fraction of sp³-hybridized carbons (Fsp3) is 0.486. The molecule has 0 heterocycles. The van der Waals surface area contributed by atoms with Crippen molar-refractivity contribution >= 4 is 10.8 Å². The second-order valence-electron chi connectivity index (χ2n) is 10.9. The summed E-state index contributed by atoms with van der Waals surface area (Å²) in [4.78, 5) is 0. The van der Waals surface area contributed by atoms with Gasteiger partial charge in [0.15, 0.2) is 0 Å². The van der Waals surface area contributed by atoms with Crippen molar-refractivity contribution in [1.82, 2.24) is 0 Å². The predicted octanol–water partition coefficient (Wildman–Crippen LogP) is 10.4. The molecule has 1 fully saturated rings. The van der Waals surface area contributed by atoms with Crippen LogP contribution in [0.25, 0.3) is 10.8 Å². The highest BCUT2D eigenvalue weighted by molar-refractivity contribution is 5.85. The van der Waals surface area contributed by atoms with Crippen molar-refractivity contribution < 1.29 is 4.39 Å². The lowest BCUT2D eigenvalue weighted by atomic mass is 9.77. The van der Waals surface area contributed by atoms with Crippen LogP contribution in [0.5, 0.6) is 0 Å². The van der Waals surface area contributed by atoms with E-state index < -0.39 is 0 Å². The van der Waals surface area contributed by atoms with Crippen LogP contribution in [0.2, 0.25) is 0 Å². The van der Waals surface area contributed by atoms with Crippen LogP contribution in [0, 0.1) is 23.6 Å². The van der Waals surface area contributed by atoms with Crippen LogP contribution in [-0.4, -0.2) is 0 Å². The lowest BCUT2D eigenvalue weighted by Crippen LogP contribution is -2.13. The number of hydrogen-bond acceptors (Lipinski definition) is 0. The molecule has 0 unspecified atom stereocenters. The molecular formula is C35H43F. The number of fused-ring (bicyclic) bond motifs is 1. The predicted molar refractivity (Wildman–Crippen MR) is 153 cm³/mol. The van der Waals surface area contributed by atoms with Crippen LogP contribution < -0.4 is 0 Å². The number of rotatable bonds is 10. The van der Waals surface area contributed by atoms with Gasteiger partial charge in [-0.3, -0.25) is 0 Å². The van der Waals surface area contributed by atoms with Gasteiger partial charge in [0.05, 0.1) is 0 Å². The summed E-state index contributed by atoms with van der Waals surface area (Å²) in [5.74, 6) is 8.21. The van der Waals surface area contributed by atoms with E-state index in [1.165, 1.54) is 76.2 Å². The first-order valence-corrected chi connectivity index (χ1v) is 14.5. The molecule has 0 radical (unpaired) electrons. The minimum atomic E-state index is -0.0579. The molecule has 0 amide bonds. The largest absolute Gasteiger partial charge is 0.206 e. The van der Waals surface area contributed by atoms with E-state index in [-0.39, 0.29) is 5.82 Å². The molecule has 36 heavy (non-hydrogen) atoms. The molecule has 0 atom stereocenters. The number of aryl methyl sites for hydroxylation is 1. The Hall–Kier alpha value is -2.59. The Kier molecular flexibility index (Phi) is 10.0. The molecule has 0 aliphatic heterocycles. The standard InChI is InChI=1S/C35H43F/c1-3-5-7-8-9-11-32-23-24-33-26-29(18-25-34(33)35(32)36)13-12-28-16-21-31(22-17-28)30-19-14-27(15-20-30)10-6-4-2/h16-18,21-27,30H,3-11,14-15,19-20H2,1-2H3. The molecule has 0 aromatic heterocycles. The first-order valence-electron chi connectivity index (χ1n) is 14.5. The van der Waals surface area contributed by atoms with Gasteiger partial charge in [-0.2, -0.15) is 0 Å². The van der Waals surface area contributed by atoms with Crippen molar-refractivity contribution in [1.29, 1.82) is 0 Å². The van der Waals surface area contributed by atoms with Crippen molar-refractivity contribution in [2.45, 2.75) is 103 Å². The molecule has 1 saturated carbocycles. The average Bonchev–Trinajstić information content (AvgIpc) is 2.92. The normalized spacial score (nSPS) is 17.6. The lowest BCUT2D eigenvalue weighted by Gasteiger charge is -2.28. The maximum absolute atomic E-state index is 15.1. The molecular weight excluding hydrogens is 439 g/mol. The molecule has 1 aliphatic carbocycles. The van der Waals surface area contributed by atoms with Gasteiger partial charge in [0.2, 0.25) is 0 Å². The van der Waals surface area contributed by atoms with Crippen LogP contribution in [0.4, 0.5) is 4.39 Å². The Labute approximate surface area is 218 Å². The van der Waals surface area contributed by atoms with Gasteiger partial charge in [0.25, 0.3) is 0 Å². The van der Waals surface area contributed by atoms with Gasteiger partial charge in [-0.1, -0.05) is 101 Å². The van der Waals surface area contributed by atoms with Gasteiger partial charge < -0.3 is 0 Å².